The van der Waals surface area contributed by atoms with E-state index in [2.05, 4.69) is 15.9 Å². The predicted molar refractivity (Wildman–Crippen MR) is 97.9 cm³/mol. The average Bonchev–Trinajstić information content (AvgIpc) is 2.79. The van der Waals surface area contributed by atoms with E-state index in [-0.39, 0.29) is 17.5 Å². The zero-order valence-corrected chi connectivity index (χ0v) is 14.7. The fourth-order valence-electron chi connectivity index (χ4n) is 2.04. The van der Waals surface area contributed by atoms with Gasteiger partial charge < -0.3 is 5.11 Å². The summed E-state index contributed by atoms with van der Waals surface area (Å²) in [6.07, 6.45) is 1.70. The zero-order chi connectivity index (χ0) is 16.6. The number of anilines is 1. The van der Waals surface area contributed by atoms with Gasteiger partial charge in [-0.2, -0.15) is 0 Å². The predicted octanol–water partition coefficient (Wildman–Crippen LogP) is 4.70. The molecule has 1 aliphatic heterocycles. The van der Waals surface area contributed by atoms with Crippen LogP contribution in [0.1, 0.15) is 5.56 Å². The minimum Gasteiger partial charge on any atom is -0.507 e. The fraction of sp³-hybridized carbons (Fsp3) is 0. The van der Waals surface area contributed by atoms with Gasteiger partial charge in [0.15, 0.2) is 4.32 Å². The first-order valence-electron chi connectivity index (χ1n) is 6.48. The van der Waals surface area contributed by atoms with Crippen LogP contribution >= 0.6 is 39.9 Å². The Hall–Kier alpha value is -1.70. The van der Waals surface area contributed by atoms with Gasteiger partial charge in [-0.05, 0) is 64.0 Å². The van der Waals surface area contributed by atoms with Crippen LogP contribution in [0.3, 0.4) is 0 Å². The number of phenols is 1. The topological polar surface area (TPSA) is 40.5 Å². The van der Waals surface area contributed by atoms with Crippen molar-refractivity contribution < 1.29 is 14.3 Å². The Morgan fingerprint density at radius 2 is 1.91 bits per heavy atom. The van der Waals surface area contributed by atoms with Crippen molar-refractivity contribution in [3.8, 4) is 5.75 Å². The highest BCUT2D eigenvalue weighted by Gasteiger charge is 2.33. The molecule has 0 aliphatic carbocycles. The molecule has 0 spiro atoms. The lowest BCUT2D eigenvalue weighted by Gasteiger charge is -2.14. The van der Waals surface area contributed by atoms with E-state index in [9.17, 15) is 14.3 Å². The molecule has 0 aromatic heterocycles. The van der Waals surface area contributed by atoms with E-state index in [1.807, 2.05) is 0 Å². The van der Waals surface area contributed by atoms with Crippen LogP contribution in [0.4, 0.5) is 10.1 Å². The van der Waals surface area contributed by atoms with E-state index >= 15 is 0 Å². The van der Waals surface area contributed by atoms with Crippen molar-refractivity contribution in [2.45, 2.75) is 0 Å². The maximum Gasteiger partial charge on any atom is 0.270 e. The highest BCUT2D eigenvalue weighted by molar-refractivity contribution is 9.10. The molecule has 0 bridgehead atoms. The van der Waals surface area contributed by atoms with Crippen molar-refractivity contribution in [3.63, 3.8) is 0 Å². The van der Waals surface area contributed by atoms with Crippen LogP contribution in [0.15, 0.2) is 51.8 Å². The molecule has 0 atom stereocenters. The Balaban J connectivity index is 1.92. The molecule has 0 radical (unpaired) electrons. The number of aromatic hydroxyl groups is 1. The lowest BCUT2D eigenvalue weighted by molar-refractivity contribution is -0.113. The third-order valence-electron chi connectivity index (χ3n) is 3.15. The van der Waals surface area contributed by atoms with Crippen LogP contribution in [0.2, 0.25) is 0 Å². The molecule has 2 aromatic carbocycles. The average molecular weight is 410 g/mol. The molecule has 3 nitrogen and oxygen atoms in total. The minimum atomic E-state index is -0.372. The Morgan fingerprint density at radius 1 is 1.22 bits per heavy atom. The van der Waals surface area contributed by atoms with Crippen LogP contribution in [0.25, 0.3) is 6.08 Å². The van der Waals surface area contributed by atoms with Crippen molar-refractivity contribution in [1.29, 1.82) is 0 Å². The number of carbonyl (C=O) groups is 1. The molecule has 2 aromatic rings. The fourth-order valence-corrected chi connectivity index (χ4v) is 3.74. The van der Waals surface area contributed by atoms with Gasteiger partial charge in [0.25, 0.3) is 5.91 Å². The van der Waals surface area contributed by atoms with Gasteiger partial charge in [-0.1, -0.05) is 30.0 Å². The van der Waals surface area contributed by atoms with Gasteiger partial charge in [0, 0.05) is 0 Å². The smallest absolute Gasteiger partial charge is 0.270 e. The number of amides is 1. The number of hydrogen-bond donors (Lipinski definition) is 1. The van der Waals surface area contributed by atoms with Crippen molar-refractivity contribution in [3.05, 3.63) is 63.2 Å². The molecule has 23 heavy (non-hydrogen) atoms. The van der Waals surface area contributed by atoms with E-state index in [0.29, 0.717) is 19.4 Å². The van der Waals surface area contributed by atoms with Crippen molar-refractivity contribution in [2.75, 3.05) is 4.90 Å². The van der Waals surface area contributed by atoms with Crippen LogP contribution < -0.4 is 4.90 Å². The summed E-state index contributed by atoms with van der Waals surface area (Å²) in [5.74, 6) is -0.500. The number of rotatable bonds is 2. The maximum atomic E-state index is 13.0. The Kier molecular flexibility index (Phi) is 4.52. The first-order valence-corrected chi connectivity index (χ1v) is 8.49. The molecule has 1 saturated heterocycles. The molecule has 1 fully saturated rings. The number of hydrogen-bond acceptors (Lipinski definition) is 4. The second-order valence-corrected chi connectivity index (χ2v) is 7.23. The van der Waals surface area contributed by atoms with Gasteiger partial charge in [0.05, 0.1) is 15.1 Å². The summed E-state index contributed by atoms with van der Waals surface area (Å²) < 4.78 is 14.0. The van der Waals surface area contributed by atoms with Gasteiger partial charge in [-0.15, -0.1) is 0 Å². The number of thioether (sulfide) groups is 1. The molecule has 116 valence electrons. The van der Waals surface area contributed by atoms with Gasteiger partial charge in [0.1, 0.15) is 11.6 Å². The van der Waals surface area contributed by atoms with Crippen LogP contribution in [0, 0.1) is 5.82 Å². The van der Waals surface area contributed by atoms with Crippen LogP contribution in [0.5, 0.6) is 5.75 Å². The quantitative estimate of drug-likeness (QED) is 0.576. The molecule has 7 heteroatoms. The van der Waals surface area contributed by atoms with Gasteiger partial charge in [0.2, 0.25) is 0 Å². The summed E-state index contributed by atoms with van der Waals surface area (Å²) in [7, 11) is 0. The molecule has 3 rings (SSSR count). The molecule has 1 heterocycles. The van der Waals surface area contributed by atoms with Crippen LogP contribution in [-0.4, -0.2) is 15.3 Å². The standard InChI is InChI=1S/C16H9BrFNO2S2/c17-12-7-9(1-6-13(12)20)8-14-15(21)19(16(22)23-14)11-4-2-10(18)3-5-11/h1-8,20H/b14-8-. The largest absolute Gasteiger partial charge is 0.507 e. The van der Waals surface area contributed by atoms with Gasteiger partial charge in [-0.25, -0.2) is 4.39 Å². The number of thiocarbonyl (C=S) groups is 1. The number of phenolic OH excluding ortho intramolecular Hbond substituents is 1. The van der Waals surface area contributed by atoms with Crippen molar-refractivity contribution >= 4 is 61.9 Å². The lowest BCUT2D eigenvalue weighted by Crippen LogP contribution is -2.27. The number of carbonyl (C=O) groups excluding carboxylic acids is 1. The van der Waals surface area contributed by atoms with E-state index in [1.54, 1.807) is 18.2 Å². The van der Waals surface area contributed by atoms with Gasteiger partial charge >= 0.3 is 0 Å². The summed E-state index contributed by atoms with van der Waals surface area (Å²) in [4.78, 5) is 14.4. The first-order chi connectivity index (χ1) is 11.0. The summed E-state index contributed by atoms with van der Waals surface area (Å²) in [6.45, 7) is 0. The van der Waals surface area contributed by atoms with E-state index in [0.717, 1.165) is 5.56 Å². The maximum absolute atomic E-state index is 13.0. The number of benzene rings is 2. The van der Waals surface area contributed by atoms with Gasteiger partial charge in [-0.3, -0.25) is 9.69 Å². The summed E-state index contributed by atoms with van der Waals surface area (Å²) >= 11 is 9.67. The van der Waals surface area contributed by atoms with Crippen molar-refractivity contribution in [1.82, 2.24) is 0 Å². The normalized spacial score (nSPS) is 16.4. The van der Waals surface area contributed by atoms with Crippen LogP contribution in [-0.2, 0) is 4.79 Å². The zero-order valence-electron chi connectivity index (χ0n) is 11.5. The SMILES string of the molecule is O=C1/C(=C/c2ccc(O)c(Br)c2)SC(=S)N1c1ccc(F)cc1. The summed E-state index contributed by atoms with van der Waals surface area (Å²) in [6, 6.07) is 10.5. The second-order valence-electron chi connectivity index (χ2n) is 4.70. The molecular weight excluding hydrogens is 401 g/mol. The molecular formula is C16H9BrFNO2S2. The molecule has 1 N–H and O–H groups in total. The third-order valence-corrected chi connectivity index (χ3v) is 5.09. The van der Waals surface area contributed by atoms with Crippen molar-refractivity contribution in [2.24, 2.45) is 0 Å². The Bertz CT molecular complexity index is 836. The minimum absolute atomic E-state index is 0.126. The highest BCUT2D eigenvalue weighted by Crippen LogP contribution is 2.36. The number of halogens is 2. The second kappa shape index (κ2) is 6.43. The Labute approximate surface area is 149 Å². The van der Waals surface area contributed by atoms with E-state index in [4.69, 9.17) is 12.2 Å². The first kappa shape index (κ1) is 16.2. The molecule has 1 amide bonds. The Morgan fingerprint density at radius 3 is 2.57 bits per heavy atom. The monoisotopic (exact) mass is 409 g/mol. The molecule has 0 unspecified atom stereocenters. The van der Waals surface area contributed by atoms with E-state index < -0.39 is 0 Å². The number of nitrogens with zero attached hydrogens (tertiary/aromatic N) is 1. The molecule has 1 aliphatic rings. The third kappa shape index (κ3) is 3.31. The summed E-state index contributed by atoms with van der Waals surface area (Å²) in [5, 5.41) is 9.51. The highest BCUT2D eigenvalue weighted by atomic mass is 79.9. The molecule has 0 saturated carbocycles. The lowest BCUT2D eigenvalue weighted by atomic mass is 10.2. The van der Waals surface area contributed by atoms with E-state index in [1.165, 1.54) is 47.0 Å². The summed E-state index contributed by atoms with van der Waals surface area (Å²) in [5.41, 5.74) is 1.29.